The Labute approximate surface area is 128 Å². The summed E-state index contributed by atoms with van der Waals surface area (Å²) in [5, 5.41) is 8.57. The lowest BCUT2D eigenvalue weighted by Crippen LogP contribution is -2.38. The fraction of sp³-hybridized carbons (Fsp3) is 0.312. The molecule has 0 fully saturated rings. The molecular formula is C16H20FN3S. The van der Waals surface area contributed by atoms with Gasteiger partial charge in [0.1, 0.15) is 5.82 Å². The van der Waals surface area contributed by atoms with Gasteiger partial charge < -0.3 is 10.6 Å². The first kappa shape index (κ1) is 15.5. The van der Waals surface area contributed by atoms with E-state index in [0.717, 1.165) is 31.0 Å². The van der Waals surface area contributed by atoms with E-state index in [0.29, 0.717) is 6.54 Å². The zero-order valence-corrected chi connectivity index (χ0v) is 12.9. The van der Waals surface area contributed by atoms with Crippen molar-refractivity contribution in [1.82, 2.24) is 10.6 Å². The number of nitrogens with one attached hydrogen (secondary N) is 2. The highest BCUT2D eigenvalue weighted by atomic mass is 32.1. The molecule has 0 unspecified atom stereocenters. The van der Waals surface area contributed by atoms with Crippen LogP contribution in [0.5, 0.6) is 0 Å². The molecule has 2 rings (SSSR count). The third kappa shape index (κ3) is 5.55. The van der Waals surface area contributed by atoms with Crippen LogP contribution in [0.25, 0.3) is 0 Å². The summed E-state index contributed by atoms with van der Waals surface area (Å²) in [6.07, 6.45) is 0.974. The molecule has 5 heteroatoms. The highest BCUT2D eigenvalue weighted by Crippen LogP contribution is 2.08. The Hall–Kier alpha value is -1.88. The number of rotatable bonds is 6. The molecule has 0 aliphatic rings. The van der Waals surface area contributed by atoms with Crippen molar-refractivity contribution in [3.05, 3.63) is 58.0 Å². The highest BCUT2D eigenvalue weighted by Gasteiger charge is 1.99. The zero-order valence-electron chi connectivity index (χ0n) is 12.1. The van der Waals surface area contributed by atoms with Crippen LogP contribution in [0.1, 0.15) is 17.4 Å². The number of thiophene rings is 1. The second-order valence-corrected chi connectivity index (χ2v) is 5.61. The summed E-state index contributed by atoms with van der Waals surface area (Å²) >= 11 is 1.76. The lowest BCUT2D eigenvalue weighted by Gasteiger charge is -2.10. The lowest BCUT2D eigenvalue weighted by molar-refractivity contribution is 0.625. The van der Waals surface area contributed by atoms with E-state index in [9.17, 15) is 4.39 Å². The number of benzene rings is 1. The number of aliphatic imine (C=N–C) groups is 1. The van der Waals surface area contributed by atoms with E-state index in [1.807, 2.05) is 13.0 Å². The van der Waals surface area contributed by atoms with E-state index < -0.39 is 0 Å². The SMILES string of the molecule is CCNC(=NCc1cccc(F)c1)NCCc1cccs1. The first-order chi connectivity index (χ1) is 10.3. The van der Waals surface area contributed by atoms with Crippen LogP contribution >= 0.6 is 11.3 Å². The minimum atomic E-state index is -0.224. The van der Waals surface area contributed by atoms with Crippen LogP contribution in [0, 0.1) is 5.82 Å². The largest absolute Gasteiger partial charge is 0.357 e. The van der Waals surface area contributed by atoms with Crippen LogP contribution < -0.4 is 10.6 Å². The molecule has 0 aliphatic carbocycles. The molecule has 0 saturated heterocycles. The number of guanidine groups is 1. The van der Waals surface area contributed by atoms with E-state index in [2.05, 4.69) is 33.1 Å². The monoisotopic (exact) mass is 305 g/mol. The second-order valence-electron chi connectivity index (χ2n) is 4.58. The van der Waals surface area contributed by atoms with Gasteiger partial charge in [-0.15, -0.1) is 11.3 Å². The Kier molecular flexibility index (Phi) is 6.22. The topological polar surface area (TPSA) is 36.4 Å². The van der Waals surface area contributed by atoms with Gasteiger partial charge in [0.2, 0.25) is 0 Å². The van der Waals surface area contributed by atoms with Gasteiger partial charge in [0, 0.05) is 18.0 Å². The van der Waals surface area contributed by atoms with Crippen LogP contribution in [0.2, 0.25) is 0 Å². The number of hydrogen-bond donors (Lipinski definition) is 2. The molecule has 0 bridgehead atoms. The summed E-state index contributed by atoms with van der Waals surface area (Å²) in [6.45, 7) is 4.12. The molecule has 0 amide bonds. The molecule has 112 valence electrons. The minimum Gasteiger partial charge on any atom is -0.357 e. The fourth-order valence-electron chi connectivity index (χ4n) is 1.91. The quantitative estimate of drug-likeness (QED) is 0.635. The summed E-state index contributed by atoms with van der Waals surface area (Å²) in [5.74, 6) is 0.539. The smallest absolute Gasteiger partial charge is 0.191 e. The van der Waals surface area contributed by atoms with Gasteiger partial charge in [-0.25, -0.2) is 9.38 Å². The molecule has 0 aliphatic heterocycles. The molecule has 0 spiro atoms. The van der Waals surface area contributed by atoms with Crippen molar-refractivity contribution in [3.8, 4) is 0 Å². The third-order valence-electron chi connectivity index (χ3n) is 2.90. The van der Waals surface area contributed by atoms with Gasteiger partial charge in [-0.3, -0.25) is 0 Å². The van der Waals surface area contributed by atoms with E-state index in [1.54, 1.807) is 17.4 Å². The molecule has 1 aromatic heterocycles. The molecule has 2 aromatic rings. The molecule has 0 atom stereocenters. The normalized spacial score (nSPS) is 11.4. The summed E-state index contributed by atoms with van der Waals surface area (Å²) in [7, 11) is 0. The van der Waals surface area contributed by atoms with Crippen molar-refractivity contribution >= 4 is 17.3 Å². The molecule has 21 heavy (non-hydrogen) atoms. The minimum absolute atomic E-state index is 0.224. The van der Waals surface area contributed by atoms with Crippen molar-refractivity contribution < 1.29 is 4.39 Å². The molecule has 3 nitrogen and oxygen atoms in total. The third-order valence-corrected chi connectivity index (χ3v) is 3.83. The van der Waals surface area contributed by atoms with Crippen LogP contribution in [0.3, 0.4) is 0 Å². The Morgan fingerprint density at radius 2 is 2.14 bits per heavy atom. The molecule has 1 aromatic carbocycles. The van der Waals surface area contributed by atoms with Gasteiger partial charge in [0.25, 0.3) is 0 Å². The predicted molar refractivity (Wildman–Crippen MR) is 87.2 cm³/mol. The van der Waals surface area contributed by atoms with Gasteiger partial charge in [0.15, 0.2) is 5.96 Å². The zero-order chi connectivity index (χ0) is 14.9. The number of nitrogens with zero attached hydrogens (tertiary/aromatic N) is 1. The molecule has 2 N–H and O–H groups in total. The second kappa shape index (κ2) is 8.42. The summed E-state index contributed by atoms with van der Waals surface area (Å²) in [4.78, 5) is 5.83. The Morgan fingerprint density at radius 1 is 1.24 bits per heavy atom. The van der Waals surface area contributed by atoms with E-state index in [4.69, 9.17) is 0 Å². The summed E-state index contributed by atoms with van der Waals surface area (Å²) in [6, 6.07) is 10.7. The summed E-state index contributed by atoms with van der Waals surface area (Å²) < 4.78 is 13.1. The summed E-state index contributed by atoms with van der Waals surface area (Å²) in [5.41, 5.74) is 0.866. The van der Waals surface area contributed by atoms with Crippen molar-refractivity contribution in [2.75, 3.05) is 13.1 Å². The molecule has 0 radical (unpaired) electrons. The van der Waals surface area contributed by atoms with Gasteiger partial charge >= 0.3 is 0 Å². The van der Waals surface area contributed by atoms with Crippen molar-refractivity contribution in [3.63, 3.8) is 0 Å². The fourth-order valence-corrected chi connectivity index (χ4v) is 2.62. The lowest BCUT2D eigenvalue weighted by atomic mass is 10.2. The Bertz CT molecular complexity index is 567. The van der Waals surface area contributed by atoms with Crippen LogP contribution in [-0.4, -0.2) is 19.0 Å². The highest BCUT2D eigenvalue weighted by molar-refractivity contribution is 7.09. The van der Waals surface area contributed by atoms with Crippen LogP contribution in [0.15, 0.2) is 46.8 Å². The standard InChI is InChI=1S/C16H20FN3S/c1-2-18-16(19-9-8-15-7-4-10-21-15)20-12-13-5-3-6-14(17)11-13/h3-7,10-11H,2,8-9,12H2,1H3,(H2,18,19,20). The van der Waals surface area contributed by atoms with Crippen molar-refractivity contribution in [2.24, 2.45) is 4.99 Å². The average Bonchev–Trinajstić information content (AvgIpc) is 2.98. The van der Waals surface area contributed by atoms with Crippen molar-refractivity contribution in [2.45, 2.75) is 19.9 Å². The Morgan fingerprint density at radius 3 is 2.86 bits per heavy atom. The van der Waals surface area contributed by atoms with Gasteiger partial charge in [-0.05, 0) is 42.5 Å². The first-order valence-corrected chi connectivity index (χ1v) is 7.95. The van der Waals surface area contributed by atoms with Crippen molar-refractivity contribution in [1.29, 1.82) is 0 Å². The van der Waals surface area contributed by atoms with Gasteiger partial charge in [0.05, 0.1) is 6.54 Å². The average molecular weight is 305 g/mol. The maximum atomic E-state index is 13.1. The number of halogens is 1. The van der Waals surface area contributed by atoms with E-state index >= 15 is 0 Å². The molecule has 1 heterocycles. The van der Waals surface area contributed by atoms with Crippen LogP contribution in [0.4, 0.5) is 4.39 Å². The Balaban J connectivity index is 1.86. The van der Waals surface area contributed by atoms with Gasteiger partial charge in [-0.1, -0.05) is 18.2 Å². The molecular weight excluding hydrogens is 285 g/mol. The van der Waals surface area contributed by atoms with Crippen LogP contribution in [-0.2, 0) is 13.0 Å². The van der Waals surface area contributed by atoms with E-state index in [1.165, 1.54) is 17.0 Å². The van der Waals surface area contributed by atoms with Gasteiger partial charge in [-0.2, -0.15) is 0 Å². The molecule has 0 saturated carbocycles. The maximum absolute atomic E-state index is 13.1. The maximum Gasteiger partial charge on any atom is 0.191 e. The predicted octanol–water partition coefficient (Wildman–Crippen LogP) is 3.19. The number of hydrogen-bond acceptors (Lipinski definition) is 2. The first-order valence-electron chi connectivity index (χ1n) is 7.07. The van der Waals surface area contributed by atoms with E-state index in [-0.39, 0.29) is 5.82 Å².